The number of carbonyl (C=O) groups is 2. The second-order valence-electron chi connectivity index (χ2n) is 3.83. The van der Waals surface area contributed by atoms with Crippen LogP contribution in [-0.4, -0.2) is 23.2 Å². The van der Waals surface area contributed by atoms with Crippen LogP contribution in [0.25, 0.3) is 0 Å². The normalized spacial score (nSPS) is 10.8. The van der Waals surface area contributed by atoms with E-state index in [0.717, 1.165) is 11.3 Å². The summed E-state index contributed by atoms with van der Waals surface area (Å²) in [7, 11) is 0. The van der Waals surface area contributed by atoms with Crippen LogP contribution in [0.2, 0.25) is 10.0 Å². The van der Waals surface area contributed by atoms with E-state index in [1.54, 1.807) is 12.1 Å². The van der Waals surface area contributed by atoms with E-state index in [-0.39, 0.29) is 15.5 Å². The lowest BCUT2D eigenvalue weighted by Crippen LogP contribution is -2.17. The minimum absolute atomic E-state index is 0.198. The molecule has 2 aromatic rings. The standard InChI is InChI=1S/C13H8Cl2N2O3S/c14-7-1-3-9(10(15)5-7)12(18)17-16-6-8-2-4-11(21-8)13(19)20/h1-6H,(H,17,18)(H,19,20)/b16-6+. The number of amides is 1. The molecule has 8 heteroatoms. The first kappa shape index (κ1) is 15.5. The molecule has 1 amide bonds. The smallest absolute Gasteiger partial charge is 0.345 e. The molecule has 0 radical (unpaired) electrons. The van der Waals surface area contributed by atoms with Crippen LogP contribution in [0.5, 0.6) is 0 Å². The van der Waals surface area contributed by atoms with Crippen LogP contribution in [0, 0.1) is 0 Å². The molecule has 0 aliphatic carbocycles. The summed E-state index contributed by atoms with van der Waals surface area (Å²) in [5.41, 5.74) is 2.55. The van der Waals surface area contributed by atoms with Crippen molar-refractivity contribution in [2.75, 3.05) is 0 Å². The second-order valence-corrected chi connectivity index (χ2v) is 5.79. The number of hydrogen-bond donors (Lipinski definition) is 2. The van der Waals surface area contributed by atoms with E-state index >= 15 is 0 Å². The molecule has 0 saturated carbocycles. The quantitative estimate of drug-likeness (QED) is 0.659. The summed E-state index contributed by atoms with van der Waals surface area (Å²) in [6, 6.07) is 7.55. The molecule has 1 aromatic carbocycles. The van der Waals surface area contributed by atoms with Gasteiger partial charge in [-0.1, -0.05) is 23.2 Å². The fourth-order valence-electron chi connectivity index (χ4n) is 1.43. The van der Waals surface area contributed by atoms with Crippen molar-refractivity contribution in [3.8, 4) is 0 Å². The van der Waals surface area contributed by atoms with Crippen molar-refractivity contribution in [1.29, 1.82) is 0 Å². The summed E-state index contributed by atoms with van der Waals surface area (Å²) in [5, 5.41) is 13.2. The maximum absolute atomic E-state index is 11.8. The molecule has 0 fully saturated rings. The van der Waals surface area contributed by atoms with E-state index < -0.39 is 11.9 Å². The van der Waals surface area contributed by atoms with Gasteiger partial charge in [-0.3, -0.25) is 4.79 Å². The van der Waals surface area contributed by atoms with E-state index in [4.69, 9.17) is 28.3 Å². The first-order valence-corrected chi connectivity index (χ1v) is 7.16. The molecule has 0 bridgehead atoms. The van der Waals surface area contributed by atoms with Gasteiger partial charge in [-0.2, -0.15) is 5.10 Å². The molecule has 2 N–H and O–H groups in total. The molecule has 2 rings (SSSR count). The van der Waals surface area contributed by atoms with E-state index in [9.17, 15) is 9.59 Å². The predicted octanol–water partition coefficient (Wildman–Crippen LogP) is 3.52. The van der Waals surface area contributed by atoms with Crippen molar-refractivity contribution < 1.29 is 14.7 Å². The number of nitrogens with one attached hydrogen (secondary N) is 1. The summed E-state index contributed by atoms with van der Waals surface area (Å²) >= 11 is 12.7. The first-order valence-electron chi connectivity index (χ1n) is 5.59. The van der Waals surface area contributed by atoms with E-state index in [1.807, 2.05) is 0 Å². The minimum atomic E-state index is -1.00. The first-order chi connectivity index (χ1) is 9.97. The van der Waals surface area contributed by atoms with E-state index in [1.165, 1.54) is 24.4 Å². The summed E-state index contributed by atoms with van der Waals surface area (Å²) in [6.07, 6.45) is 1.36. The highest BCUT2D eigenvalue weighted by molar-refractivity contribution is 7.15. The number of aromatic carboxylic acids is 1. The summed E-state index contributed by atoms with van der Waals surface area (Å²) in [5.74, 6) is -1.49. The lowest BCUT2D eigenvalue weighted by Gasteiger charge is -2.02. The number of nitrogens with zero attached hydrogens (tertiary/aromatic N) is 1. The van der Waals surface area contributed by atoms with Crippen molar-refractivity contribution in [3.05, 3.63) is 55.7 Å². The fourth-order valence-corrected chi connectivity index (χ4v) is 2.64. The predicted molar refractivity (Wildman–Crippen MR) is 82.8 cm³/mol. The molecule has 1 heterocycles. The van der Waals surface area contributed by atoms with Gasteiger partial charge in [0, 0.05) is 9.90 Å². The Balaban J connectivity index is 2.03. The van der Waals surface area contributed by atoms with Crippen molar-refractivity contribution in [2.24, 2.45) is 5.10 Å². The van der Waals surface area contributed by atoms with E-state index in [0.29, 0.717) is 9.90 Å². The Hall–Kier alpha value is -1.89. The summed E-state index contributed by atoms with van der Waals surface area (Å²) in [6.45, 7) is 0. The highest BCUT2D eigenvalue weighted by Gasteiger charge is 2.10. The molecule has 0 unspecified atom stereocenters. The van der Waals surface area contributed by atoms with Crippen molar-refractivity contribution >= 4 is 52.6 Å². The molecule has 0 atom stereocenters. The van der Waals surface area contributed by atoms with Crippen molar-refractivity contribution in [1.82, 2.24) is 5.43 Å². The topological polar surface area (TPSA) is 78.8 Å². The van der Waals surface area contributed by atoms with Crippen LogP contribution in [-0.2, 0) is 0 Å². The van der Waals surface area contributed by atoms with Crippen LogP contribution >= 0.6 is 34.5 Å². The average Bonchev–Trinajstić information content (AvgIpc) is 2.87. The molecule has 0 spiro atoms. The maximum Gasteiger partial charge on any atom is 0.345 e. The van der Waals surface area contributed by atoms with Crippen LogP contribution in [0.3, 0.4) is 0 Å². The van der Waals surface area contributed by atoms with Gasteiger partial charge in [-0.25, -0.2) is 10.2 Å². The SMILES string of the molecule is O=C(O)c1ccc(/C=N/NC(=O)c2ccc(Cl)cc2Cl)s1. The highest BCUT2D eigenvalue weighted by atomic mass is 35.5. The van der Waals surface area contributed by atoms with Crippen molar-refractivity contribution in [2.45, 2.75) is 0 Å². The molecule has 5 nitrogen and oxygen atoms in total. The third-order valence-corrected chi connectivity index (χ3v) is 3.93. The molecule has 1 aromatic heterocycles. The third-order valence-electron chi connectivity index (χ3n) is 2.37. The van der Waals surface area contributed by atoms with Crippen molar-refractivity contribution in [3.63, 3.8) is 0 Å². The van der Waals surface area contributed by atoms with Gasteiger partial charge in [0.2, 0.25) is 0 Å². The maximum atomic E-state index is 11.8. The Morgan fingerprint density at radius 2 is 2.00 bits per heavy atom. The van der Waals surface area contributed by atoms with Gasteiger partial charge < -0.3 is 5.11 Å². The number of carbonyl (C=O) groups excluding carboxylic acids is 1. The average molecular weight is 343 g/mol. The van der Waals surface area contributed by atoms with Gasteiger partial charge >= 0.3 is 5.97 Å². The number of hydrazone groups is 1. The number of benzene rings is 1. The number of halogens is 2. The zero-order valence-corrected chi connectivity index (χ0v) is 12.7. The highest BCUT2D eigenvalue weighted by Crippen LogP contribution is 2.20. The monoisotopic (exact) mass is 342 g/mol. The van der Waals surface area contributed by atoms with Gasteiger partial charge in [0.1, 0.15) is 4.88 Å². The number of thiophene rings is 1. The Kier molecular flexibility index (Phi) is 4.95. The van der Waals surface area contributed by atoms with Crippen LogP contribution in [0.1, 0.15) is 24.9 Å². The zero-order chi connectivity index (χ0) is 15.4. The lowest BCUT2D eigenvalue weighted by molar-refractivity contribution is 0.0702. The summed E-state index contributed by atoms with van der Waals surface area (Å²) in [4.78, 5) is 23.4. The van der Waals surface area contributed by atoms with E-state index in [2.05, 4.69) is 10.5 Å². The number of carboxylic acid groups (broad SMARTS) is 1. The third kappa shape index (κ3) is 4.04. The van der Waals surface area contributed by atoms with Gasteiger partial charge in [0.15, 0.2) is 0 Å². The Morgan fingerprint density at radius 3 is 2.62 bits per heavy atom. The minimum Gasteiger partial charge on any atom is -0.477 e. The molecule has 0 saturated heterocycles. The zero-order valence-electron chi connectivity index (χ0n) is 10.3. The molecule has 0 aliphatic heterocycles. The molecule has 108 valence electrons. The van der Waals surface area contributed by atoms with Crippen LogP contribution < -0.4 is 5.43 Å². The second kappa shape index (κ2) is 6.71. The summed E-state index contributed by atoms with van der Waals surface area (Å²) < 4.78 is 0. The van der Waals surface area contributed by atoms with Gasteiger partial charge in [0.05, 0.1) is 16.8 Å². The molecule has 21 heavy (non-hydrogen) atoms. The number of rotatable bonds is 4. The molecule has 0 aliphatic rings. The largest absolute Gasteiger partial charge is 0.477 e. The van der Waals surface area contributed by atoms with Crippen LogP contribution in [0.4, 0.5) is 0 Å². The Morgan fingerprint density at radius 1 is 1.24 bits per heavy atom. The number of carboxylic acids is 1. The van der Waals surface area contributed by atoms with Gasteiger partial charge in [0.25, 0.3) is 5.91 Å². The number of hydrogen-bond acceptors (Lipinski definition) is 4. The fraction of sp³-hybridized carbons (Fsp3) is 0. The van der Waals surface area contributed by atoms with Gasteiger partial charge in [-0.05, 0) is 30.3 Å². The Bertz CT molecular complexity index is 728. The van der Waals surface area contributed by atoms with Gasteiger partial charge in [-0.15, -0.1) is 11.3 Å². The molecular formula is C13H8Cl2N2O3S. The molecular weight excluding hydrogens is 335 g/mol. The lowest BCUT2D eigenvalue weighted by atomic mass is 10.2. The van der Waals surface area contributed by atoms with Crippen LogP contribution in [0.15, 0.2) is 35.4 Å². The Labute approximate surface area is 133 Å².